The van der Waals surface area contributed by atoms with Gasteiger partial charge < -0.3 is 14.7 Å². The van der Waals surface area contributed by atoms with Gasteiger partial charge in [0.05, 0.1) is 12.4 Å². The predicted molar refractivity (Wildman–Crippen MR) is 90.8 cm³/mol. The van der Waals surface area contributed by atoms with Crippen LogP contribution in [0.5, 0.6) is 0 Å². The Hall–Kier alpha value is -2.18. The highest BCUT2D eigenvalue weighted by atomic mass is 16.2. The van der Waals surface area contributed by atoms with Crippen molar-refractivity contribution in [1.29, 1.82) is 0 Å². The number of anilines is 1. The summed E-state index contributed by atoms with van der Waals surface area (Å²) in [5.74, 6) is 1.56. The summed E-state index contributed by atoms with van der Waals surface area (Å²) in [7, 11) is 0. The van der Waals surface area contributed by atoms with Gasteiger partial charge in [0, 0.05) is 46.2 Å². The number of rotatable bonds is 2. The number of carbonyl (C=O) groups is 2. The lowest BCUT2D eigenvalue weighted by atomic mass is 9.99. The average molecular weight is 331 g/mol. The van der Waals surface area contributed by atoms with Crippen LogP contribution in [0.1, 0.15) is 37.2 Å². The molecule has 0 bridgehead atoms. The van der Waals surface area contributed by atoms with Crippen LogP contribution in [-0.4, -0.2) is 70.9 Å². The summed E-state index contributed by atoms with van der Waals surface area (Å²) in [4.78, 5) is 38.4. The van der Waals surface area contributed by atoms with E-state index in [1.807, 2.05) is 0 Å². The second-order valence-corrected chi connectivity index (χ2v) is 6.73. The van der Waals surface area contributed by atoms with E-state index in [9.17, 15) is 9.59 Å². The Morgan fingerprint density at radius 2 is 1.58 bits per heavy atom. The molecule has 0 unspecified atom stereocenters. The summed E-state index contributed by atoms with van der Waals surface area (Å²) in [5, 5.41) is 0. The zero-order valence-electron chi connectivity index (χ0n) is 14.4. The molecular formula is C17H25N5O2. The number of amides is 2. The van der Waals surface area contributed by atoms with E-state index >= 15 is 0 Å². The summed E-state index contributed by atoms with van der Waals surface area (Å²) >= 11 is 0. The Labute approximate surface area is 142 Å². The van der Waals surface area contributed by atoms with E-state index < -0.39 is 0 Å². The van der Waals surface area contributed by atoms with Gasteiger partial charge in [0.25, 0.3) is 5.91 Å². The molecule has 3 rings (SSSR count). The molecule has 130 valence electrons. The maximum atomic E-state index is 12.5. The molecule has 2 aliphatic heterocycles. The van der Waals surface area contributed by atoms with Crippen molar-refractivity contribution in [3.8, 4) is 0 Å². The molecule has 2 amide bonds. The molecule has 7 nitrogen and oxygen atoms in total. The van der Waals surface area contributed by atoms with E-state index in [0.717, 1.165) is 24.8 Å². The van der Waals surface area contributed by atoms with Crippen LogP contribution < -0.4 is 4.90 Å². The Bertz CT molecular complexity index is 588. The first-order valence-electron chi connectivity index (χ1n) is 8.66. The summed E-state index contributed by atoms with van der Waals surface area (Å²) in [6.07, 6.45) is 5.62. The molecule has 2 fully saturated rings. The SMILES string of the molecule is CC(=O)N1CCN(C(=O)c2cnc(N3CCC(C)CC3)cn2)CC1. The lowest BCUT2D eigenvalue weighted by Gasteiger charge is -2.34. The predicted octanol–water partition coefficient (Wildman–Crippen LogP) is 1.02. The van der Waals surface area contributed by atoms with E-state index in [-0.39, 0.29) is 11.8 Å². The van der Waals surface area contributed by atoms with Gasteiger partial charge in [0.1, 0.15) is 11.5 Å². The molecule has 1 aromatic heterocycles. The molecule has 0 atom stereocenters. The molecule has 0 N–H and O–H groups in total. The zero-order valence-corrected chi connectivity index (χ0v) is 14.4. The van der Waals surface area contributed by atoms with Crippen molar-refractivity contribution in [2.75, 3.05) is 44.2 Å². The maximum Gasteiger partial charge on any atom is 0.274 e. The standard InChI is InChI=1S/C17H25N5O2/c1-13-3-5-21(6-4-13)16-12-18-15(11-19-16)17(24)22-9-7-20(8-10-22)14(2)23/h11-13H,3-10H2,1-2H3. The smallest absolute Gasteiger partial charge is 0.274 e. The van der Waals surface area contributed by atoms with Gasteiger partial charge in [-0.3, -0.25) is 9.59 Å². The highest BCUT2D eigenvalue weighted by Crippen LogP contribution is 2.20. The third-order valence-electron chi connectivity index (χ3n) is 4.98. The number of piperidine rings is 1. The first-order chi connectivity index (χ1) is 11.5. The highest BCUT2D eigenvalue weighted by Gasteiger charge is 2.24. The fourth-order valence-electron chi connectivity index (χ4n) is 3.22. The first-order valence-corrected chi connectivity index (χ1v) is 8.66. The number of piperazine rings is 1. The van der Waals surface area contributed by atoms with E-state index in [2.05, 4.69) is 21.8 Å². The minimum atomic E-state index is -0.107. The lowest BCUT2D eigenvalue weighted by molar-refractivity contribution is -0.130. The highest BCUT2D eigenvalue weighted by molar-refractivity contribution is 5.92. The van der Waals surface area contributed by atoms with Crippen LogP contribution in [0.4, 0.5) is 5.82 Å². The normalized spacial score (nSPS) is 19.5. The number of hydrogen-bond acceptors (Lipinski definition) is 5. The van der Waals surface area contributed by atoms with Crippen LogP contribution in [0.15, 0.2) is 12.4 Å². The van der Waals surface area contributed by atoms with Gasteiger partial charge in [-0.1, -0.05) is 6.92 Å². The Kier molecular flexibility index (Phi) is 4.97. The van der Waals surface area contributed by atoms with Gasteiger partial charge in [-0.2, -0.15) is 0 Å². The van der Waals surface area contributed by atoms with Crippen molar-refractivity contribution in [2.24, 2.45) is 5.92 Å². The van der Waals surface area contributed by atoms with E-state index in [4.69, 9.17) is 0 Å². The monoisotopic (exact) mass is 331 g/mol. The largest absolute Gasteiger partial charge is 0.355 e. The third-order valence-corrected chi connectivity index (χ3v) is 4.98. The molecule has 0 radical (unpaired) electrons. The van der Waals surface area contributed by atoms with Gasteiger partial charge >= 0.3 is 0 Å². The second kappa shape index (κ2) is 7.15. The molecule has 1 aromatic rings. The van der Waals surface area contributed by atoms with Gasteiger partial charge in [-0.05, 0) is 18.8 Å². The van der Waals surface area contributed by atoms with Gasteiger partial charge in [0.2, 0.25) is 5.91 Å². The van der Waals surface area contributed by atoms with Crippen molar-refractivity contribution in [3.05, 3.63) is 18.1 Å². The number of hydrogen-bond donors (Lipinski definition) is 0. The van der Waals surface area contributed by atoms with Crippen molar-refractivity contribution in [3.63, 3.8) is 0 Å². The molecule has 0 aromatic carbocycles. The van der Waals surface area contributed by atoms with E-state index in [1.165, 1.54) is 12.8 Å². The summed E-state index contributed by atoms with van der Waals surface area (Å²) in [6.45, 7) is 8.08. The topological polar surface area (TPSA) is 69.6 Å². The summed E-state index contributed by atoms with van der Waals surface area (Å²) in [6, 6.07) is 0. The molecule has 0 spiro atoms. The minimum Gasteiger partial charge on any atom is -0.355 e. The van der Waals surface area contributed by atoms with E-state index in [1.54, 1.807) is 29.1 Å². The number of aromatic nitrogens is 2. The Balaban J connectivity index is 1.59. The molecule has 2 aliphatic rings. The molecule has 0 saturated carbocycles. The summed E-state index contributed by atoms with van der Waals surface area (Å²) in [5.41, 5.74) is 0.375. The van der Waals surface area contributed by atoms with Crippen molar-refractivity contribution in [1.82, 2.24) is 19.8 Å². The van der Waals surface area contributed by atoms with Crippen molar-refractivity contribution in [2.45, 2.75) is 26.7 Å². The second-order valence-electron chi connectivity index (χ2n) is 6.73. The van der Waals surface area contributed by atoms with Crippen molar-refractivity contribution < 1.29 is 9.59 Å². The molecule has 3 heterocycles. The Morgan fingerprint density at radius 3 is 2.12 bits per heavy atom. The number of nitrogens with zero attached hydrogens (tertiary/aromatic N) is 5. The van der Waals surface area contributed by atoms with Crippen LogP contribution in [0, 0.1) is 5.92 Å². The van der Waals surface area contributed by atoms with Gasteiger partial charge in [-0.15, -0.1) is 0 Å². The van der Waals surface area contributed by atoms with E-state index in [0.29, 0.717) is 31.9 Å². The molecular weight excluding hydrogens is 306 g/mol. The molecule has 2 saturated heterocycles. The molecule has 7 heteroatoms. The van der Waals surface area contributed by atoms with Crippen LogP contribution >= 0.6 is 0 Å². The fraction of sp³-hybridized carbons (Fsp3) is 0.647. The maximum absolute atomic E-state index is 12.5. The lowest BCUT2D eigenvalue weighted by Crippen LogP contribution is -2.50. The van der Waals surface area contributed by atoms with Gasteiger partial charge in [0.15, 0.2) is 0 Å². The number of carbonyl (C=O) groups excluding carboxylic acids is 2. The Morgan fingerprint density at radius 1 is 0.958 bits per heavy atom. The van der Waals surface area contributed by atoms with Crippen LogP contribution in [0.25, 0.3) is 0 Å². The van der Waals surface area contributed by atoms with Crippen LogP contribution in [0.2, 0.25) is 0 Å². The average Bonchev–Trinajstić information content (AvgIpc) is 2.62. The van der Waals surface area contributed by atoms with Gasteiger partial charge in [-0.25, -0.2) is 9.97 Å². The van der Waals surface area contributed by atoms with Crippen LogP contribution in [-0.2, 0) is 4.79 Å². The minimum absolute atomic E-state index is 0.0575. The first kappa shape index (κ1) is 16.7. The fourth-order valence-corrected chi connectivity index (χ4v) is 3.22. The molecule has 24 heavy (non-hydrogen) atoms. The third kappa shape index (κ3) is 3.66. The zero-order chi connectivity index (χ0) is 17.1. The van der Waals surface area contributed by atoms with Crippen LogP contribution in [0.3, 0.4) is 0 Å². The summed E-state index contributed by atoms with van der Waals surface area (Å²) < 4.78 is 0. The molecule has 0 aliphatic carbocycles. The quantitative estimate of drug-likeness (QED) is 0.809. The van der Waals surface area contributed by atoms with Crippen molar-refractivity contribution >= 4 is 17.6 Å².